The molecule has 0 aromatic rings. The van der Waals surface area contributed by atoms with Crippen LogP contribution in [-0.4, -0.2) is 86.9 Å². The summed E-state index contributed by atoms with van der Waals surface area (Å²) >= 11 is 0. The van der Waals surface area contributed by atoms with Gasteiger partial charge in [-0.05, 0) is 31.6 Å². The predicted molar refractivity (Wildman–Crippen MR) is 112 cm³/mol. The molecular formula is C21H41N5O. The third kappa shape index (κ3) is 6.33. The lowest BCUT2D eigenvalue weighted by atomic mass is 10.0. The van der Waals surface area contributed by atoms with Gasteiger partial charge in [-0.25, -0.2) is 0 Å². The monoisotopic (exact) mass is 379 g/mol. The minimum absolute atomic E-state index is 0.531. The van der Waals surface area contributed by atoms with Crippen molar-refractivity contribution in [2.75, 3.05) is 53.0 Å². The molecule has 6 nitrogen and oxygen atoms in total. The van der Waals surface area contributed by atoms with Crippen molar-refractivity contribution in [1.82, 2.24) is 20.4 Å². The van der Waals surface area contributed by atoms with Crippen LogP contribution in [0.5, 0.6) is 0 Å². The van der Waals surface area contributed by atoms with Crippen LogP contribution in [0.15, 0.2) is 4.99 Å². The third-order valence-electron chi connectivity index (χ3n) is 6.44. The topological polar surface area (TPSA) is 52.1 Å². The van der Waals surface area contributed by atoms with Gasteiger partial charge < -0.3 is 15.4 Å². The molecule has 3 aliphatic rings. The second-order valence-electron chi connectivity index (χ2n) is 8.95. The first-order valence-electron chi connectivity index (χ1n) is 11.2. The van der Waals surface area contributed by atoms with Gasteiger partial charge in [0, 0.05) is 57.9 Å². The minimum Gasteiger partial charge on any atom is -0.379 e. The Morgan fingerprint density at radius 2 is 1.85 bits per heavy atom. The van der Waals surface area contributed by atoms with Gasteiger partial charge in [0.05, 0.1) is 13.2 Å². The quantitative estimate of drug-likeness (QED) is 0.523. The third-order valence-corrected chi connectivity index (χ3v) is 6.44. The maximum atomic E-state index is 5.54. The van der Waals surface area contributed by atoms with Crippen molar-refractivity contribution in [1.29, 1.82) is 0 Å². The highest BCUT2D eigenvalue weighted by Crippen LogP contribution is 2.26. The summed E-state index contributed by atoms with van der Waals surface area (Å²) < 4.78 is 5.54. The van der Waals surface area contributed by atoms with E-state index in [1.54, 1.807) is 0 Å². The second-order valence-corrected chi connectivity index (χ2v) is 8.95. The number of ether oxygens (including phenoxy) is 1. The van der Waals surface area contributed by atoms with Crippen molar-refractivity contribution in [3.05, 3.63) is 0 Å². The van der Waals surface area contributed by atoms with Crippen molar-refractivity contribution < 1.29 is 4.74 Å². The Labute approximate surface area is 166 Å². The highest BCUT2D eigenvalue weighted by Gasteiger charge is 2.30. The molecule has 2 aliphatic heterocycles. The molecule has 1 saturated carbocycles. The van der Waals surface area contributed by atoms with Gasteiger partial charge in [0.1, 0.15) is 0 Å². The summed E-state index contributed by atoms with van der Waals surface area (Å²) in [6.07, 6.45) is 8.08. The molecule has 0 amide bonds. The Morgan fingerprint density at radius 1 is 1.11 bits per heavy atom. The summed E-state index contributed by atoms with van der Waals surface area (Å²) in [5, 5.41) is 7.31. The number of likely N-dealkylation sites (tertiary alicyclic amines) is 1. The molecule has 0 aromatic heterocycles. The average Bonchev–Trinajstić information content (AvgIpc) is 3.36. The van der Waals surface area contributed by atoms with E-state index in [1.807, 2.05) is 7.05 Å². The van der Waals surface area contributed by atoms with Crippen LogP contribution in [0.2, 0.25) is 0 Å². The van der Waals surface area contributed by atoms with E-state index in [0.29, 0.717) is 18.0 Å². The normalized spacial score (nSPS) is 27.4. The van der Waals surface area contributed by atoms with Crippen molar-refractivity contribution in [2.45, 2.75) is 70.5 Å². The fourth-order valence-electron chi connectivity index (χ4n) is 4.96. The van der Waals surface area contributed by atoms with Gasteiger partial charge in [-0.1, -0.05) is 26.7 Å². The first-order valence-corrected chi connectivity index (χ1v) is 11.2. The van der Waals surface area contributed by atoms with Gasteiger partial charge in [0.2, 0.25) is 0 Å². The fourth-order valence-corrected chi connectivity index (χ4v) is 4.96. The number of guanidine groups is 1. The highest BCUT2D eigenvalue weighted by molar-refractivity contribution is 5.80. The zero-order valence-corrected chi connectivity index (χ0v) is 17.8. The minimum atomic E-state index is 0.531. The molecule has 2 heterocycles. The van der Waals surface area contributed by atoms with E-state index in [1.165, 1.54) is 51.6 Å². The smallest absolute Gasteiger partial charge is 0.191 e. The van der Waals surface area contributed by atoms with Crippen LogP contribution >= 0.6 is 0 Å². The van der Waals surface area contributed by atoms with Crippen LogP contribution in [0.4, 0.5) is 0 Å². The summed E-state index contributed by atoms with van der Waals surface area (Å²) in [7, 11) is 1.89. The van der Waals surface area contributed by atoms with E-state index < -0.39 is 0 Å². The molecule has 6 heteroatoms. The Hall–Kier alpha value is -0.850. The Balaban J connectivity index is 1.45. The standard InChI is InChI=1S/C21H41N5O/c1-17(2)14-20(25-10-12-27-13-11-25)15-23-21(22-3)24-18-8-9-26(16-18)19-6-4-5-7-19/h17-20H,4-16H2,1-3H3,(H2,22,23,24). The molecule has 0 spiro atoms. The van der Waals surface area contributed by atoms with E-state index in [4.69, 9.17) is 4.74 Å². The predicted octanol–water partition coefficient (Wildman–Crippen LogP) is 1.92. The van der Waals surface area contributed by atoms with Crippen LogP contribution in [0, 0.1) is 5.92 Å². The van der Waals surface area contributed by atoms with Crippen molar-refractivity contribution in [2.24, 2.45) is 10.9 Å². The zero-order chi connectivity index (χ0) is 19.1. The molecule has 2 unspecified atom stereocenters. The summed E-state index contributed by atoms with van der Waals surface area (Å²) in [4.78, 5) is 9.79. The summed E-state index contributed by atoms with van der Waals surface area (Å²) in [6.45, 7) is 11.8. The fraction of sp³-hybridized carbons (Fsp3) is 0.952. The van der Waals surface area contributed by atoms with Crippen molar-refractivity contribution in [3.8, 4) is 0 Å². The van der Waals surface area contributed by atoms with E-state index in [-0.39, 0.29) is 0 Å². The maximum Gasteiger partial charge on any atom is 0.191 e. The molecule has 27 heavy (non-hydrogen) atoms. The Morgan fingerprint density at radius 3 is 2.52 bits per heavy atom. The Kier molecular flexibility index (Phi) is 8.22. The Bertz CT molecular complexity index is 457. The van der Waals surface area contributed by atoms with Crippen LogP contribution in [-0.2, 0) is 4.74 Å². The number of nitrogens with one attached hydrogen (secondary N) is 2. The molecule has 0 aromatic carbocycles. The van der Waals surface area contributed by atoms with Gasteiger partial charge in [-0.3, -0.25) is 14.8 Å². The summed E-state index contributed by atoms with van der Waals surface area (Å²) in [5.74, 6) is 1.67. The number of aliphatic imine (C=N–C) groups is 1. The molecule has 2 N–H and O–H groups in total. The molecule has 1 aliphatic carbocycles. The first kappa shape index (κ1) is 20.9. The number of rotatable bonds is 7. The highest BCUT2D eigenvalue weighted by atomic mass is 16.5. The van der Waals surface area contributed by atoms with E-state index in [2.05, 4.69) is 39.3 Å². The molecule has 2 atom stereocenters. The molecule has 3 fully saturated rings. The number of hydrogen-bond donors (Lipinski definition) is 2. The first-order chi connectivity index (χ1) is 13.2. The largest absolute Gasteiger partial charge is 0.379 e. The van der Waals surface area contributed by atoms with Gasteiger partial charge in [0.15, 0.2) is 5.96 Å². The summed E-state index contributed by atoms with van der Waals surface area (Å²) in [6, 6.07) is 1.92. The lowest BCUT2D eigenvalue weighted by Gasteiger charge is -2.36. The van der Waals surface area contributed by atoms with Crippen LogP contribution in [0.25, 0.3) is 0 Å². The van der Waals surface area contributed by atoms with Crippen LogP contribution < -0.4 is 10.6 Å². The SMILES string of the molecule is CN=C(NCC(CC(C)C)N1CCOCC1)NC1CCN(C2CCCC2)C1. The van der Waals surface area contributed by atoms with Crippen LogP contribution in [0.3, 0.4) is 0 Å². The maximum absolute atomic E-state index is 5.54. The number of hydrogen-bond acceptors (Lipinski definition) is 4. The van der Waals surface area contributed by atoms with Crippen molar-refractivity contribution >= 4 is 5.96 Å². The molecule has 0 bridgehead atoms. The lowest BCUT2D eigenvalue weighted by Crippen LogP contribution is -2.52. The second kappa shape index (κ2) is 10.6. The molecule has 0 radical (unpaired) electrons. The van der Waals surface area contributed by atoms with Gasteiger partial charge in [-0.2, -0.15) is 0 Å². The lowest BCUT2D eigenvalue weighted by molar-refractivity contribution is 0.0132. The number of morpholine rings is 1. The molecular weight excluding hydrogens is 338 g/mol. The summed E-state index contributed by atoms with van der Waals surface area (Å²) in [5.41, 5.74) is 0. The van der Waals surface area contributed by atoms with E-state index >= 15 is 0 Å². The van der Waals surface area contributed by atoms with E-state index in [0.717, 1.165) is 44.8 Å². The van der Waals surface area contributed by atoms with Gasteiger partial charge in [-0.15, -0.1) is 0 Å². The molecule has 2 saturated heterocycles. The van der Waals surface area contributed by atoms with Gasteiger partial charge in [0.25, 0.3) is 0 Å². The van der Waals surface area contributed by atoms with Gasteiger partial charge >= 0.3 is 0 Å². The zero-order valence-electron chi connectivity index (χ0n) is 17.8. The molecule has 156 valence electrons. The number of nitrogens with zero attached hydrogens (tertiary/aromatic N) is 3. The van der Waals surface area contributed by atoms with Crippen LogP contribution in [0.1, 0.15) is 52.4 Å². The average molecular weight is 380 g/mol. The van der Waals surface area contributed by atoms with E-state index in [9.17, 15) is 0 Å². The molecule has 3 rings (SSSR count). The van der Waals surface area contributed by atoms with Crippen molar-refractivity contribution in [3.63, 3.8) is 0 Å².